The molecule has 8 heteroatoms. The van der Waals surface area contributed by atoms with E-state index in [1.54, 1.807) is 4.90 Å². The lowest BCUT2D eigenvalue weighted by Crippen LogP contribution is -2.42. The van der Waals surface area contributed by atoms with E-state index in [-0.39, 0.29) is 30.8 Å². The molecule has 1 aromatic carbocycles. The highest BCUT2D eigenvalue weighted by Crippen LogP contribution is 2.30. The number of amides is 4. The summed E-state index contributed by atoms with van der Waals surface area (Å²) in [4.78, 5) is 53.1. The van der Waals surface area contributed by atoms with Gasteiger partial charge in [-0.15, -0.1) is 0 Å². The molecule has 3 aliphatic heterocycles. The summed E-state index contributed by atoms with van der Waals surface area (Å²) in [6.45, 7) is 0.785. The number of benzene rings is 1. The number of carbonyl (C=O) groups is 4. The number of nitrogens with zero attached hydrogens (tertiary/aromatic N) is 3. The molecule has 8 nitrogen and oxygen atoms in total. The lowest BCUT2D eigenvalue weighted by Gasteiger charge is -2.28. The summed E-state index contributed by atoms with van der Waals surface area (Å²) < 4.78 is 0. The summed E-state index contributed by atoms with van der Waals surface area (Å²) in [6.07, 6.45) is 1.53. The van der Waals surface area contributed by atoms with E-state index in [9.17, 15) is 24.3 Å². The first-order chi connectivity index (χ1) is 13.0. The Hall–Kier alpha value is -2.90. The summed E-state index contributed by atoms with van der Waals surface area (Å²) in [5, 5.41) is 9.20. The highest BCUT2D eigenvalue weighted by atomic mass is 16.4. The van der Waals surface area contributed by atoms with Crippen LogP contribution in [0.1, 0.15) is 30.4 Å². The van der Waals surface area contributed by atoms with Crippen molar-refractivity contribution >= 4 is 23.8 Å². The predicted molar refractivity (Wildman–Crippen MR) is 93.6 cm³/mol. The van der Waals surface area contributed by atoms with Crippen molar-refractivity contribution in [2.24, 2.45) is 0 Å². The van der Waals surface area contributed by atoms with E-state index in [4.69, 9.17) is 0 Å². The van der Waals surface area contributed by atoms with Gasteiger partial charge in [0.05, 0.1) is 0 Å². The van der Waals surface area contributed by atoms with E-state index in [1.165, 1.54) is 4.90 Å². The van der Waals surface area contributed by atoms with Crippen LogP contribution in [0.2, 0.25) is 0 Å². The second-order valence-corrected chi connectivity index (χ2v) is 7.22. The second kappa shape index (κ2) is 6.68. The monoisotopic (exact) mass is 371 g/mol. The van der Waals surface area contributed by atoms with Gasteiger partial charge in [0, 0.05) is 32.5 Å². The van der Waals surface area contributed by atoms with Crippen LogP contribution >= 0.6 is 0 Å². The van der Waals surface area contributed by atoms with Crippen LogP contribution in [0.4, 0.5) is 4.79 Å². The molecule has 142 valence electrons. The summed E-state index contributed by atoms with van der Waals surface area (Å²) in [5.41, 5.74) is 2.10. The normalized spacial score (nSPS) is 24.2. The Bertz CT molecular complexity index is 780. The number of likely N-dealkylation sites (tertiary alicyclic amines) is 1. The van der Waals surface area contributed by atoms with Gasteiger partial charge in [0.15, 0.2) is 0 Å². The van der Waals surface area contributed by atoms with Crippen molar-refractivity contribution in [3.63, 3.8) is 0 Å². The Morgan fingerprint density at radius 1 is 1.15 bits per heavy atom. The molecule has 3 heterocycles. The van der Waals surface area contributed by atoms with E-state index in [0.29, 0.717) is 32.4 Å². The summed E-state index contributed by atoms with van der Waals surface area (Å²) in [5.74, 6) is -1.61. The molecule has 3 aliphatic rings. The van der Waals surface area contributed by atoms with E-state index in [2.05, 4.69) is 0 Å². The number of hydrogen-bond acceptors (Lipinski definition) is 4. The van der Waals surface area contributed by atoms with Gasteiger partial charge in [-0.05, 0) is 24.0 Å². The molecule has 0 aliphatic carbocycles. The van der Waals surface area contributed by atoms with Crippen LogP contribution in [0.25, 0.3) is 0 Å². The maximum Gasteiger partial charge on any atom is 0.327 e. The minimum atomic E-state index is -1.01. The second-order valence-electron chi connectivity index (χ2n) is 7.22. The van der Waals surface area contributed by atoms with E-state index < -0.39 is 18.1 Å². The van der Waals surface area contributed by atoms with Crippen molar-refractivity contribution in [3.8, 4) is 0 Å². The minimum absolute atomic E-state index is 0.0112. The standard InChI is InChI=1S/C19H21N3O5/c23-16(20-8-3-6-14(20)18(25)26)7-9-21-17(24)15-10-12-4-1-2-5-13(12)11-22(15)19(21)27/h1-2,4-5,14-15H,3,6-11H2,(H,25,26)/t14-,15+/m0/s1. The van der Waals surface area contributed by atoms with Crippen LogP contribution in [0.15, 0.2) is 24.3 Å². The first-order valence-corrected chi connectivity index (χ1v) is 9.18. The van der Waals surface area contributed by atoms with Crippen LogP contribution in [0.5, 0.6) is 0 Å². The van der Waals surface area contributed by atoms with E-state index in [1.807, 2.05) is 24.3 Å². The molecule has 0 unspecified atom stereocenters. The zero-order valence-corrected chi connectivity index (χ0v) is 14.8. The van der Waals surface area contributed by atoms with E-state index >= 15 is 0 Å². The van der Waals surface area contributed by atoms with Crippen molar-refractivity contribution in [2.45, 2.75) is 44.3 Å². The van der Waals surface area contributed by atoms with Crippen molar-refractivity contribution in [2.75, 3.05) is 13.1 Å². The lowest BCUT2D eigenvalue weighted by molar-refractivity contribution is -0.148. The number of carbonyl (C=O) groups excluding carboxylic acids is 3. The Labute approximate surface area is 156 Å². The van der Waals surface area contributed by atoms with Crippen LogP contribution in [0, 0.1) is 0 Å². The molecular formula is C19H21N3O5. The van der Waals surface area contributed by atoms with Gasteiger partial charge in [0.25, 0.3) is 5.91 Å². The molecule has 0 saturated carbocycles. The molecule has 27 heavy (non-hydrogen) atoms. The minimum Gasteiger partial charge on any atom is -0.480 e. The molecule has 2 saturated heterocycles. The molecule has 1 aromatic rings. The molecule has 0 bridgehead atoms. The van der Waals surface area contributed by atoms with Gasteiger partial charge < -0.3 is 14.9 Å². The number of imide groups is 1. The topological polar surface area (TPSA) is 98.2 Å². The third-order valence-corrected chi connectivity index (χ3v) is 5.68. The number of rotatable bonds is 4. The van der Waals surface area contributed by atoms with Crippen LogP contribution in [-0.2, 0) is 27.3 Å². The molecule has 2 atom stereocenters. The van der Waals surface area contributed by atoms with Crippen molar-refractivity contribution in [1.29, 1.82) is 0 Å². The zero-order valence-electron chi connectivity index (χ0n) is 14.8. The number of carboxylic acid groups (broad SMARTS) is 1. The SMILES string of the molecule is O=C(O)[C@@H]1CCCN1C(=O)CCN1C(=O)[C@H]2Cc3ccccc3CN2C1=O. The van der Waals surface area contributed by atoms with Gasteiger partial charge in [0.2, 0.25) is 5.91 Å². The smallest absolute Gasteiger partial charge is 0.327 e. The van der Waals surface area contributed by atoms with Crippen LogP contribution in [-0.4, -0.2) is 68.8 Å². The lowest BCUT2D eigenvalue weighted by atomic mass is 9.95. The number of carboxylic acids is 1. The number of urea groups is 1. The summed E-state index contributed by atoms with van der Waals surface area (Å²) in [7, 11) is 0. The third kappa shape index (κ3) is 2.94. The largest absolute Gasteiger partial charge is 0.480 e. The molecule has 0 spiro atoms. The van der Waals surface area contributed by atoms with Gasteiger partial charge in [-0.1, -0.05) is 24.3 Å². The van der Waals surface area contributed by atoms with Crippen molar-refractivity contribution in [3.05, 3.63) is 35.4 Å². The van der Waals surface area contributed by atoms with E-state index in [0.717, 1.165) is 16.0 Å². The average molecular weight is 371 g/mol. The quantitative estimate of drug-likeness (QED) is 0.791. The molecular weight excluding hydrogens is 350 g/mol. The highest BCUT2D eigenvalue weighted by molar-refractivity contribution is 6.05. The molecule has 1 N–H and O–H groups in total. The fourth-order valence-corrected chi connectivity index (χ4v) is 4.25. The maximum atomic E-state index is 12.7. The van der Waals surface area contributed by atoms with Gasteiger partial charge in [0.1, 0.15) is 12.1 Å². The van der Waals surface area contributed by atoms with Crippen molar-refractivity contribution in [1.82, 2.24) is 14.7 Å². The average Bonchev–Trinajstić information content (AvgIpc) is 3.24. The van der Waals surface area contributed by atoms with Gasteiger partial charge in [-0.2, -0.15) is 0 Å². The highest BCUT2D eigenvalue weighted by Gasteiger charge is 2.47. The van der Waals surface area contributed by atoms with Crippen molar-refractivity contribution < 1.29 is 24.3 Å². The number of hydrogen-bond donors (Lipinski definition) is 1. The van der Waals surface area contributed by atoms with Gasteiger partial charge in [-0.3, -0.25) is 14.5 Å². The van der Waals surface area contributed by atoms with Crippen LogP contribution < -0.4 is 0 Å². The molecule has 0 radical (unpaired) electrons. The zero-order chi connectivity index (χ0) is 19.1. The fraction of sp³-hybridized carbons (Fsp3) is 0.474. The maximum absolute atomic E-state index is 12.7. The Morgan fingerprint density at radius 2 is 1.89 bits per heavy atom. The van der Waals surface area contributed by atoms with Crippen LogP contribution in [0.3, 0.4) is 0 Å². The summed E-state index contributed by atoms with van der Waals surface area (Å²) >= 11 is 0. The first kappa shape index (κ1) is 17.5. The summed E-state index contributed by atoms with van der Waals surface area (Å²) in [6, 6.07) is 6.06. The predicted octanol–water partition coefficient (Wildman–Crippen LogP) is 0.841. The molecule has 0 aromatic heterocycles. The van der Waals surface area contributed by atoms with Gasteiger partial charge in [-0.25, -0.2) is 9.59 Å². The molecule has 4 amide bonds. The Balaban J connectivity index is 1.42. The fourth-order valence-electron chi connectivity index (χ4n) is 4.25. The molecule has 4 rings (SSSR count). The number of fused-ring (bicyclic) bond motifs is 2. The number of aliphatic carboxylic acids is 1. The Morgan fingerprint density at radius 3 is 2.63 bits per heavy atom. The third-order valence-electron chi connectivity index (χ3n) is 5.68. The Kier molecular flexibility index (Phi) is 4.33. The van der Waals surface area contributed by atoms with Gasteiger partial charge >= 0.3 is 12.0 Å². The first-order valence-electron chi connectivity index (χ1n) is 9.18. The molecule has 2 fully saturated rings.